The van der Waals surface area contributed by atoms with Crippen LogP contribution in [0.2, 0.25) is 5.02 Å². The summed E-state index contributed by atoms with van der Waals surface area (Å²) < 4.78 is 6.05. The van der Waals surface area contributed by atoms with Crippen molar-refractivity contribution in [2.24, 2.45) is 0 Å². The minimum absolute atomic E-state index is 0.512. The summed E-state index contributed by atoms with van der Waals surface area (Å²) in [5, 5.41) is 7.65. The number of hydrogen-bond acceptors (Lipinski definition) is 4. The predicted octanol–water partition coefficient (Wildman–Crippen LogP) is 3.25. The van der Waals surface area contributed by atoms with Gasteiger partial charge in [0.25, 0.3) is 0 Å². The van der Waals surface area contributed by atoms with E-state index in [1.54, 1.807) is 6.92 Å². The van der Waals surface area contributed by atoms with E-state index in [2.05, 4.69) is 38.0 Å². The number of aromatic nitrogens is 2. The highest BCUT2D eigenvalue weighted by atomic mass is 127. The van der Waals surface area contributed by atoms with Gasteiger partial charge in [0.1, 0.15) is 0 Å². The zero-order valence-electron chi connectivity index (χ0n) is 8.50. The second-order valence-corrected chi connectivity index (χ2v) is 4.81. The van der Waals surface area contributed by atoms with E-state index in [4.69, 9.17) is 16.1 Å². The van der Waals surface area contributed by atoms with Crippen molar-refractivity contribution in [3.8, 4) is 0 Å². The molecule has 0 spiro atoms. The largest absolute Gasteiger partial charge is 0.375 e. The van der Waals surface area contributed by atoms with Gasteiger partial charge >= 0.3 is 0 Å². The molecular weight excluding hydrogens is 340 g/mol. The maximum Gasteiger partial charge on any atom is 0.245 e. The molecular formula is C10H9ClIN3O. The molecule has 4 nitrogen and oxygen atoms in total. The highest BCUT2D eigenvalue weighted by molar-refractivity contribution is 14.1. The molecule has 1 aromatic heterocycles. The molecule has 0 atom stereocenters. The highest BCUT2D eigenvalue weighted by Gasteiger charge is 2.04. The standard InChI is InChI=1S/C10H9ClIN3O/c1-6-14-10(16-15-6)5-13-9-3-2-7(11)4-8(9)12/h2-4,13H,5H2,1H3. The molecule has 0 aliphatic heterocycles. The normalized spacial score (nSPS) is 10.4. The third kappa shape index (κ3) is 2.85. The van der Waals surface area contributed by atoms with Crippen molar-refractivity contribution in [2.45, 2.75) is 13.5 Å². The number of rotatable bonds is 3. The first kappa shape index (κ1) is 11.7. The number of nitrogens with zero attached hydrogens (tertiary/aromatic N) is 2. The molecule has 1 heterocycles. The fourth-order valence-electron chi connectivity index (χ4n) is 1.22. The summed E-state index contributed by atoms with van der Waals surface area (Å²) >= 11 is 8.08. The summed E-state index contributed by atoms with van der Waals surface area (Å²) in [4.78, 5) is 4.10. The summed E-state index contributed by atoms with van der Waals surface area (Å²) in [6.45, 7) is 2.30. The SMILES string of the molecule is Cc1noc(CNc2ccc(Cl)cc2I)n1. The first-order valence-corrected chi connectivity index (χ1v) is 6.09. The molecule has 0 bridgehead atoms. The quantitative estimate of drug-likeness (QED) is 0.864. The van der Waals surface area contributed by atoms with Crippen LogP contribution < -0.4 is 5.32 Å². The molecule has 2 rings (SSSR count). The van der Waals surface area contributed by atoms with Crippen LogP contribution in [-0.4, -0.2) is 10.1 Å². The second-order valence-electron chi connectivity index (χ2n) is 3.21. The molecule has 0 saturated heterocycles. The lowest BCUT2D eigenvalue weighted by Gasteiger charge is -2.05. The number of benzene rings is 1. The van der Waals surface area contributed by atoms with Crippen molar-refractivity contribution in [1.29, 1.82) is 0 Å². The Labute approximate surface area is 112 Å². The van der Waals surface area contributed by atoms with E-state index < -0.39 is 0 Å². The first-order chi connectivity index (χ1) is 7.65. The molecule has 1 N–H and O–H groups in total. The van der Waals surface area contributed by atoms with Crippen LogP contribution in [0.4, 0.5) is 5.69 Å². The van der Waals surface area contributed by atoms with Crippen LogP contribution in [0, 0.1) is 10.5 Å². The average molecular weight is 350 g/mol. The fraction of sp³-hybridized carbons (Fsp3) is 0.200. The molecule has 6 heteroatoms. The lowest BCUT2D eigenvalue weighted by atomic mass is 10.3. The van der Waals surface area contributed by atoms with Gasteiger partial charge in [-0.15, -0.1) is 0 Å². The van der Waals surface area contributed by atoms with Gasteiger partial charge in [0.05, 0.1) is 6.54 Å². The van der Waals surface area contributed by atoms with Crippen molar-refractivity contribution in [3.63, 3.8) is 0 Å². The minimum atomic E-state index is 0.512. The molecule has 0 fully saturated rings. The molecule has 0 aliphatic rings. The molecule has 0 unspecified atom stereocenters. The van der Waals surface area contributed by atoms with Gasteiger partial charge in [-0.1, -0.05) is 16.8 Å². The highest BCUT2D eigenvalue weighted by Crippen LogP contribution is 2.22. The van der Waals surface area contributed by atoms with Gasteiger partial charge in [-0.3, -0.25) is 0 Å². The van der Waals surface area contributed by atoms with Gasteiger partial charge in [0, 0.05) is 14.3 Å². The monoisotopic (exact) mass is 349 g/mol. The smallest absolute Gasteiger partial charge is 0.245 e. The van der Waals surface area contributed by atoms with E-state index in [1.807, 2.05) is 18.2 Å². The number of aryl methyl sites for hydroxylation is 1. The maximum atomic E-state index is 5.86. The Bertz CT molecular complexity index is 501. The van der Waals surface area contributed by atoms with Gasteiger partial charge in [-0.25, -0.2) is 0 Å². The van der Waals surface area contributed by atoms with Crippen molar-refractivity contribution >= 4 is 39.9 Å². The second kappa shape index (κ2) is 5.01. The van der Waals surface area contributed by atoms with Crippen molar-refractivity contribution < 1.29 is 4.52 Å². The third-order valence-corrected chi connectivity index (χ3v) is 3.06. The van der Waals surface area contributed by atoms with Crippen LogP contribution in [0.25, 0.3) is 0 Å². The Morgan fingerprint density at radius 1 is 1.50 bits per heavy atom. The van der Waals surface area contributed by atoms with Crippen LogP contribution in [-0.2, 0) is 6.54 Å². The molecule has 84 valence electrons. The van der Waals surface area contributed by atoms with E-state index in [0.29, 0.717) is 18.3 Å². The third-order valence-electron chi connectivity index (χ3n) is 1.93. The molecule has 0 saturated carbocycles. The molecule has 0 amide bonds. The van der Waals surface area contributed by atoms with Gasteiger partial charge in [-0.05, 0) is 47.7 Å². The van der Waals surface area contributed by atoms with Crippen molar-refractivity contribution in [3.05, 3.63) is 38.5 Å². The van der Waals surface area contributed by atoms with Gasteiger partial charge in [0.2, 0.25) is 5.89 Å². The Morgan fingerprint density at radius 3 is 2.94 bits per heavy atom. The zero-order chi connectivity index (χ0) is 11.5. The summed E-state index contributed by atoms with van der Waals surface area (Å²) in [7, 11) is 0. The van der Waals surface area contributed by atoms with E-state index in [0.717, 1.165) is 14.3 Å². The molecule has 0 radical (unpaired) electrons. The first-order valence-electron chi connectivity index (χ1n) is 4.63. The predicted molar refractivity (Wildman–Crippen MR) is 70.5 cm³/mol. The van der Waals surface area contributed by atoms with Crippen LogP contribution >= 0.6 is 34.2 Å². The number of anilines is 1. The Kier molecular flexibility index (Phi) is 3.65. The Hall–Kier alpha value is -0.820. The van der Waals surface area contributed by atoms with Crippen LogP contribution in [0.1, 0.15) is 11.7 Å². The maximum absolute atomic E-state index is 5.86. The van der Waals surface area contributed by atoms with Gasteiger partial charge in [-0.2, -0.15) is 4.98 Å². The lowest BCUT2D eigenvalue weighted by molar-refractivity contribution is 0.379. The number of nitrogens with one attached hydrogen (secondary N) is 1. The van der Waals surface area contributed by atoms with Gasteiger partial charge < -0.3 is 9.84 Å². The molecule has 1 aromatic carbocycles. The molecule has 16 heavy (non-hydrogen) atoms. The van der Waals surface area contributed by atoms with E-state index in [9.17, 15) is 0 Å². The summed E-state index contributed by atoms with van der Waals surface area (Å²) in [6, 6.07) is 5.65. The van der Waals surface area contributed by atoms with Crippen LogP contribution in [0.15, 0.2) is 22.7 Å². The molecule has 2 aromatic rings. The molecule has 0 aliphatic carbocycles. The average Bonchev–Trinajstić information content (AvgIpc) is 2.63. The fourth-order valence-corrected chi connectivity index (χ4v) is 2.28. The lowest BCUT2D eigenvalue weighted by Crippen LogP contribution is -2.01. The number of hydrogen-bond donors (Lipinski definition) is 1. The Balaban J connectivity index is 2.04. The van der Waals surface area contributed by atoms with Crippen LogP contribution in [0.5, 0.6) is 0 Å². The van der Waals surface area contributed by atoms with Crippen LogP contribution in [0.3, 0.4) is 0 Å². The van der Waals surface area contributed by atoms with E-state index in [1.165, 1.54) is 0 Å². The van der Waals surface area contributed by atoms with Crippen molar-refractivity contribution in [2.75, 3.05) is 5.32 Å². The summed E-state index contributed by atoms with van der Waals surface area (Å²) in [5.41, 5.74) is 1.00. The van der Waals surface area contributed by atoms with E-state index in [-0.39, 0.29) is 0 Å². The van der Waals surface area contributed by atoms with Gasteiger partial charge in [0.15, 0.2) is 5.82 Å². The number of halogens is 2. The Morgan fingerprint density at radius 2 is 2.31 bits per heavy atom. The minimum Gasteiger partial charge on any atom is -0.375 e. The topological polar surface area (TPSA) is 51.0 Å². The van der Waals surface area contributed by atoms with Crippen molar-refractivity contribution in [1.82, 2.24) is 10.1 Å². The summed E-state index contributed by atoms with van der Waals surface area (Å²) in [5.74, 6) is 1.21. The zero-order valence-corrected chi connectivity index (χ0v) is 11.4. The van der Waals surface area contributed by atoms with E-state index >= 15 is 0 Å². The summed E-state index contributed by atoms with van der Waals surface area (Å²) in [6.07, 6.45) is 0.